The van der Waals surface area contributed by atoms with E-state index in [-0.39, 0.29) is 11.8 Å². The van der Waals surface area contributed by atoms with Crippen LogP contribution in [0.2, 0.25) is 0 Å². The van der Waals surface area contributed by atoms with Gasteiger partial charge in [0.25, 0.3) is 0 Å². The molecule has 0 saturated heterocycles. The van der Waals surface area contributed by atoms with E-state index in [1.165, 1.54) is 6.92 Å². The summed E-state index contributed by atoms with van der Waals surface area (Å²) in [6, 6.07) is 7.69. The second-order valence-electron chi connectivity index (χ2n) is 5.37. The fourth-order valence-electron chi connectivity index (χ4n) is 2.77. The van der Waals surface area contributed by atoms with E-state index in [9.17, 15) is 9.59 Å². The van der Waals surface area contributed by atoms with Crippen LogP contribution < -0.4 is 15.4 Å². The Morgan fingerprint density at radius 3 is 2.43 bits per heavy atom. The number of para-hydroxylation sites is 1. The highest BCUT2D eigenvalue weighted by atomic mass is 16.5. The third kappa shape index (κ3) is 3.17. The summed E-state index contributed by atoms with van der Waals surface area (Å²) in [5.74, 6) is 0.685. The van der Waals surface area contributed by atoms with Gasteiger partial charge in [-0.3, -0.25) is 9.59 Å². The van der Waals surface area contributed by atoms with Gasteiger partial charge >= 0.3 is 0 Å². The van der Waals surface area contributed by atoms with E-state index in [1.54, 1.807) is 7.11 Å². The number of ether oxygens (including phenoxy) is 1. The maximum atomic E-state index is 12.6. The maximum Gasteiger partial charge on any atom is 0.230 e. The Hall–Kier alpha value is -2.04. The van der Waals surface area contributed by atoms with E-state index in [0.29, 0.717) is 13.1 Å². The molecule has 1 aromatic rings. The number of hydrogen-bond acceptors (Lipinski definition) is 3. The first kappa shape index (κ1) is 15.4. The zero-order valence-electron chi connectivity index (χ0n) is 12.6. The highest BCUT2D eigenvalue weighted by Crippen LogP contribution is 2.47. The molecule has 2 rings (SSSR count). The Kier molecular flexibility index (Phi) is 4.83. The van der Waals surface area contributed by atoms with E-state index in [0.717, 1.165) is 30.6 Å². The Morgan fingerprint density at radius 1 is 1.19 bits per heavy atom. The number of carbonyl (C=O) groups is 2. The molecule has 0 unspecified atom stereocenters. The van der Waals surface area contributed by atoms with Crippen LogP contribution in [0.1, 0.15) is 31.7 Å². The molecule has 0 radical (unpaired) electrons. The van der Waals surface area contributed by atoms with Gasteiger partial charge in [-0.25, -0.2) is 0 Å². The summed E-state index contributed by atoms with van der Waals surface area (Å²) in [5.41, 5.74) is 0.471. The monoisotopic (exact) mass is 290 g/mol. The molecule has 1 aromatic carbocycles. The van der Waals surface area contributed by atoms with Crippen LogP contribution in [0.4, 0.5) is 0 Å². The van der Waals surface area contributed by atoms with Crippen LogP contribution in [-0.2, 0) is 15.0 Å². The molecule has 5 heteroatoms. The average Bonchev–Trinajstić information content (AvgIpc) is 2.43. The third-order valence-electron chi connectivity index (χ3n) is 4.05. The molecule has 0 aliphatic heterocycles. The number of rotatable bonds is 6. The molecule has 2 amide bonds. The van der Waals surface area contributed by atoms with Gasteiger partial charge in [0.1, 0.15) is 5.75 Å². The van der Waals surface area contributed by atoms with Crippen LogP contribution in [0.15, 0.2) is 24.3 Å². The van der Waals surface area contributed by atoms with Crippen molar-refractivity contribution in [1.82, 2.24) is 10.6 Å². The van der Waals surface area contributed by atoms with Crippen molar-refractivity contribution in [3.05, 3.63) is 29.8 Å². The molecule has 0 atom stereocenters. The number of amides is 2. The van der Waals surface area contributed by atoms with E-state index >= 15 is 0 Å². The van der Waals surface area contributed by atoms with Gasteiger partial charge in [0.05, 0.1) is 12.5 Å². The van der Waals surface area contributed by atoms with E-state index < -0.39 is 5.41 Å². The number of methoxy groups -OCH3 is 1. The van der Waals surface area contributed by atoms with Crippen molar-refractivity contribution in [3.63, 3.8) is 0 Å². The minimum absolute atomic E-state index is 0.0172. The van der Waals surface area contributed by atoms with Crippen molar-refractivity contribution in [2.24, 2.45) is 0 Å². The van der Waals surface area contributed by atoms with Crippen LogP contribution in [-0.4, -0.2) is 32.0 Å². The Labute approximate surface area is 125 Å². The molecular formula is C16H22N2O3. The van der Waals surface area contributed by atoms with Crippen LogP contribution in [0.5, 0.6) is 5.75 Å². The van der Waals surface area contributed by atoms with Crippen molar-refractivity contribution in [2.45, 2.75) is 31.6 Å². The van der Waals surface area contributed by atoms with Gasteiger partial charge < -0.3 is 15.4 Å². The Balaban J connectivity index is 2.07. The van der Waals surface area contributed by atoms with Crippen LogP contribution in [0, 0.1) is 0 Å². The molecule has 0 heterocycles. The summed E-state index contributed by atoms with van der Waals surface area (Å²) in [4.78, 5) is 23.4. The summed E-state index contributed by atoms with van der Waals surface area (Å²) < 4.78 is 5.40. The van der Waals surface area contributed by atoms with E-state index in [2.05, 4.69) is 10.6 Å². The first-order valence-electron chi connectivity index (χ1n) is 7.26. The highest BCUT2D eigenvalue weighted by Gasteiger charge is 2.47. The third-order valence-corrected chi connectivity index (χ3v) is 4.05. The van der Waals surface area contributed by atoms with Crippen LogP contribution in [0.25, 0.3) is 0 Å². The second-order valence-corrected chi connectivity index (χ2v) is 5.37. The quantitative estimate of drug-likeness (QED) is 0.778. The first-order chi connectivity index (χ1) is 10.1. The predicted molar refractivity (Wildman–Crippen MR) is 80.2 cm³/mol. The lowest BCUT2D eigenvalue weighted by atomic mass is 9.63. The lowest BCUT2D eigenvalue weighted by Gasteiger charge is -2.41. The molecule has 5 nitrogen and oxygen atoms in total. The van der Waals surface area contributed by atoms with Crippen molar-refractivity contribution >= 4 is 11.8 Å². The molecule has 0 aromatic heterocycles. The molecule has 1 aliphatic carbocycles. The fourth-order valence-corrected chi connectivity index (χ4v) is 2.77. The van der Waals surface area contributed by atoms with Gasteiger partial charge in [0.2, 0.25) is 11.8 Å². The fraction of sp³-hybridized carbons (Fsp3) is 0.500. The zero-order chi connectivity index (χ0) is 15.3. The van der Waals surface area contributed by atoms with Gasteiger partial charge in [-0.15, -0.1) is 0 Å². The molecule has 1 aliphatic rings. The van der Waals surface area contributed by atoms with E-state index in [1.807, 2.05) is 24.3 Å². The summed E-state index contributed by atoms with van der Waals surface area (Å²) in [6.07, 6.45) is 2.70. The number of carbonyl (C=O) groups excluding carboxylic acids is 2. The van der Waals surface area contributed by atoms with Crippen molar-refractivity contribution in [2.75, 3.05) is 20.2 Å². The molecule has 1 saturated carbocycles. The largest absolute Gasteiger partial charge is 0.496 e. The Morgan fingerprint density at radius 2 is 1.86 bits per heavy atom. The van der Waals surface area contributed by atoms with Crippen molar-refractivity contribution < 1.29 is 14.3 Å². The zero-order valence-corrected chi connectivity index (χ0v) is 12.6. The van der Waals surface area contributed by atoms with Gasteiger partial charge in [0.15, 0.2) is 0 Å². The molecule has 21 heavy (non-hydrogen) atoms. The van der Waals surface area contributed by atoms with Gasteiger partial charge in [-0.05, 0) is 18.9 Å². The summed E-state index contributed by atoms with van der Waals surface area (Å²) in [5, 5.41) is 5.59. The lowest BCUT2D eigenvalue weighted by Crippen LogP contribution is -2.50. The van der Waals surface area contributed by atoms with Gasteiger partial charge in [-0.2, -0.15) is 0 Å². The summed E-state index contributed by atoms with van der Waals surface area (Å²) in [6.45, 7) is 2.35. The maximum absolute atomic E-state index is 12.6. The molecule has 1 fully saturated rings. The molecule has 0 spiro atoms. The number of hydrogen-bond donors (Lipinski definition) is 2. The standard InChI is InChI=1S/C16H22N2O3/c1-12(19)17-10-11-18-15(20)16(8-5-9-16)13-6-3-4-7-14(13)21-2/h3-4,6-7H,5,8-11H2,1-2H3,(H,17,19)(H,18,20). The minimum atomic E-state index is -0.483. The van der Waals surface area contributed by atoms with E-state index in [4.69, 9.17) is 4.74 Å². The minimum Gasteiger partial charge on any atom is -0.496 e. The van der Waals surface area contributed by atoms with Crippen LogP contribution >= 0.6 is 0 Å². The first-order valence-corrected chi connectivity index (χ1v) is 7.26. The summed E-state index contributed by atoms with van der Waals surface area (Å²) >= 11 is 0. The molecule has 114 valence electrons. The van der Waals surface area contributed by atoms with Crippen molar-refractivity contribution in [1.29, 1.82) is 0 Å². The SMILES string of the molecule is COc1ccccc1C1(C(=O)NCCNC(C)=O)CCC1. The smallest absolute Gasteiger partial charge is 0.230 e. The topological polar surface area (TPSA) is 67.4 Å². The van der Waals surface area contributed by atoms with Gasteiger partial charge in [-0.1, -0.05) is 24.6 Å². The van der Waals surface area contributed by atoms with Gasteiger partial charge in [0, 0.05) is 25.6 Å². The van der Waals surface area contributed by atoms with Crippen LogP contribution in [0.3, 0.4) is 0 Å². The predicted octanol–water partition coefficient (Wildman–Crippen LogP) is 1.37. The number of benzene rings is 1. The molecule has 2 N–H and O–H groups in total. The number of nitrogens with one attached hydrogen (secondary N) is 2. The Bertz CT molecular complexity index is 524. The average molecular weight is 290 g/mol. The molecule has 0 bridgehead atoms. The lowest BCUT2D eigenvalue weighted by molar-refractivity contribution is -0.130. The molecular weight excluding hydrogens is 268 g/mol. The highest BCUT2D eigenvalue weighted by molar-refractivity contribution is 5.90. The summed E-state index contributed by atoms with van der Waals surface area (Å²) in [7, 11) is 1.62. The normalized spacial score (nSPS) is 15.7. The second kappa shape index (κ2) is 6.61. The van der Waals surface area contributed by atoms with Crippen molar-refractivity contribution in [3.8, 4) is 5.75 Å².